The minimum atomic E-state index is -0.583. The predicted octanol–water partition coefficient (Wildman–Crippen LogP) is 2.47. The first-order valence-electron chi connectivity index (χ1n) is 10.1. The van der Waals surface area contributed by atoms with E-state index in [0.29, 0.717) is 24.8 Å². The van der Waals surface area contributed by atoms with Gasteiger partial charge >= 0.3 is 0 Å². The number of rotatable bonds is 5. The van der Waals surface area contributed by atoms with E-state index in [1.165, 1.54) is 12.8 Å². The fourth-order valence-electron chi connectivity index (χ4n) is 4.29. The first-order valence-corrected chi connectivity index (χ1v) is 10.1. The van der Waals surface area contributed by atoms with Gasteiger partial charge in [0.1, 0.15) is 17.6 Å². The number of β-amino-alcohol motifs (C(OH)–C–C–N with tert-alkyl or cyclic N) is 1. The van der Waals surface area contributed by atoms with Crippen LogP contribution in [0.15, 0.2) is 27.4 Å². The van der Waals surface area contributed by atoms with Crippen LogP contribution in [0.4, 0.5) is 0 Å². The first kappa shape index (κ1) is 18.4. The van der Waals surface area contributed by atoms with E-state index in [1.807, 2.05) is 19.1 Å². The monoisotopic (exact) mass is 371 g/mol. The summed E-state index contributed by atoms with van der Waals surface area (Å²) in [5.74, 6) is 1.93. The topological polar surface area (TPSA) is 71.5 Å². The van der Waals surface area contributed by atoms with E-state index in [2.05, 4.69) is 10.00 Å². The number of aromatic nitrogens is 2. The number of hydrogen-bond acceptors (Lipinski definition) is 5. The number of piperidine rings is 1. The normalized spacial score (nSPS) is 19.8. The van der Waals surface area contributed by atoms with E-state index in [1.54, 1.807) is 10.7 Å². The van der Waals surface area contributed by atoms with Crippen molar-refractivity contribution in [3.05, 3.63) is 51.3 Å². The van der Waals surface area contributed by atoms with Crippen molar-refractivity contribution in [2.75, 3.05) is 19.6 Å². The number of furan rings is 1. The predicted molar refractivity (Wildman–Crippen MR) is 103 cm³/mol. The molecular formula is C21H29N3O3. The third-order valence-electron chi connectivity index (χ3n) is 5.93. The second kappa shape index (κ2) is 7.98. The van der Waals surface area contributed by atoms with E-state index in [9.17, 15) is 9.90 Å². The molecule has 2 aromatic heterocycles. The first-order chi connectivity index (χ1) is 13.1. The highest BCUT2D eigenvalue weighted by molar-refractivity contribution is 5.20. The van der Waals surface area contributed by atoms with Gasteiger partial charge in [-0.2, -0.15) is 5.10 Å². The van der Waals surface area contributed by atoms with Crippen LogP contribution in [-0.4, -0.2) is 39.4 Å². The smallest absolute Gasteiger partial charge is 0.267 e. The number of hydrogen-bond donors (Lipinski definition) is 1. The molecular weight excluding hydrogens is 342 g/mol. The maximum Gasteiger partial charge on any atom is 0.267 e. The lowest BCUT2D eigenvalue weighted by Gasteiger charge is -2.33. The molecule has 0 amide bonds. The maximum atomic E-state index is 12.4. The molecule has 3 heterocycles. The third kappa shape index (κ3) is 4.33. The van der Waals surface area contributed by atoms with Crippen LogP contribution in [0, 0.1) is 12.8 Å². The molecule has 1 atom stereocenters. The molecule has 27 heavy (non-hydrogen) atoms. The van der Waals surface area contributed by atoms with Crippen LogP contribution < -0.4 is 5.56 Å². The molecule has 0 spiro atoms. The molecule has 0 radical (unpaired) electrons. The Morgan fingerprint density at radius 1 is 1.26 bits per heavy atom. The molecule has 0 aromatic carbocycles. The molecule has 1 unspecified atom stereocenters. The molecule has 1 fully saturated rings. The van der Waals surface area contributed by atoms with Gasteiger partial charge in [0.25, 0.3) is 5.56 Å². The van der Waals surface area contributed by atoms with Crippen LogP contribution in [0.2, 0.25) is 0 Å². The Morgan fingerprint density at radius 3 is 2.78 bits per heavy atom. The van der Waals surface area contributed by atoms with Crippen molar-refractivity contribution in [2.45, 2.75) is 58.1 Å². The summed E-state index contributed by atoms with van der Waals surface area (Å²) in [4.78, 5) is 14.7. The summed E-state index contributed by atoms with van der Waals surface area (Å²) in [6, 6.07) is 5.54. The summed E-state index contributed by atoms with van der Waals surface area (Å²) in [5, 5.41) is 15.0. The number of fused-ring (bicyclic) bond motifs is 1. The van der Waals surface area contributed by atoms with Crippen LogP contribution in [-0.2, 0) is 19.4 Å². The minimum absolute atomic E-state index is 0.0432. The SMILES string of the molecule is Cc1ccc(C(O)CN2CCC(Cn3nc4c(cc3=O)CCCC4)CC2)o1. The van der Waals surface area contributed by atoms with Gasteiger partial charge in [0.2, 0.25) is 0 Å². The summed E-state index contributed by atoms with van der Waals surface area (Å²) >= 11 is 0. The highest BCUT2D eigenvalue weighted by Gasteiger charge is 2.24. The van der Waals surface area contributed by atoms with Gasteiger partial charge in [0.15, 0.2) is 0 Å². The Bertz CT molecular complexity index is 833. The highest BCUT2D eigenvalue weighted by atomic mass is 16.4. The average molecular weight is 371 g/mol. The molecule has 1 aliphatic carbocycles. The molecule has 1 aliphatic heterocycles. The summed E-state index contributed by atoms with van der Waals surface area (Å²) in [6.45, 7) is 5.05. The zero-order valence-corrected chi connectivity index (χ0v) is 16.1. The zero-order chi connectivity index (χ0) is 18.8. The molecule has 1 saturated heterocycles. The van der Waals surface area contributed by atoms with Gasteiger partial charge in [-0.05, 0) is 82.2 Å². The summed E-state index contributed by atoms with van der Waals surface area (Å²) in [5.41, 5.74) is 2.32. The Balaban J connectivity index is 1.31. The van der Waals surface area contributed by atoms with Crippen LogP contribution in [0.1, 0.15) is 54.6 Å². The molecule has 2 aromatic rings. The molecule has 6 nitrogen and oxygen atoms in total. The van der Waals surface area contributed by atoms with E-state index < -0.39 is 6.10 Å². The van der Waals surface area contributed by atoms with E-state index in [-0.39, 0.29) is 5.56 Å². The van der Waals surface area contributed by atoms with Crippen molar-refractivity contribution in [3.8, 4) is 0 Å². The Morgan fingerprint density at radius 2 is 2.04 bits per heavy atom. The quantitative estimate of drug-likeness (QED) is 0.874. The van der Waals surface area contributed by atoms with Crippen molar-refractivity contribution in [3.63, 3.8) is 0 Å². The standard InChI is InChI=1S/C21H29N3O3/c1-15-6-7-20(27-15)19(25)14-23-10-8-16(9-11-23)13-24-21(26)12-17-4-2-3-5-18(17)22-24/h6-7,12,16,19,25H,2-5,8-11,13-14H2,1H3. The zero-order valence-electron chi connectivity index (χ0n) is 16.1. The largest absolute Gasteiger partial charge is 0.464 e. The number of nitrogens with zero attached hydrogens (tertiary/aromatic N) is 3. The Kier molecular flexibility index (Phi) is 5.45. The van der Waals surface area contributed by atoms with Crippen LogP contribution in [0.3, 0.4) is 0 Å². The third-order valence-corrected chi connectivity index (χ3v) is 5.93. The number of aliphatic hydroxyl groups is 1. The Labute approximate surface area is 159 Å². The second-order valence-corrected chi connectivity index (χ2v) is 8.05. The number of likely N-dealkylation sites (tertiary alicyclic amines) is 1. The summed E-state index contributed by atoms with van der Waals surface area (Å²) in [7, 11) is 0. The van der Waals surface area contributed by atoms with Crippen molar-refractivity contribution in [2.24, 2.45) is 5.92 Å². The van der Waals surface area contributed by atoms with Crippen LogP contribution in [0.25, 0.3) is 0 Å². The molecule has 6 heteroatoms. The van der Waals surface area contributed by atoms with E-state index in [0.717, 1.165) is 55.8 Å². The number of aliphatic hydroxyl groups excluding tert-OH is 1. The maximum absolute atomic E-state index is 12.4. The van der Waals surface area contributed by atoms with Gasteiger partial charge in [-0.15, -0.1) is 0 Å². The average Bonchev–Trinajstić information content (AvgIpc) is 3.10. The fourth-order valence-corrected chi connectivity index (χ4v) is 4.29. The second-order valence-electron chi connectivity index (χ2n) is 8.05. The lowest BCUT2D eigenvalue weighted by molar-refractivity contribution is 0.0718. The fraction of sp³-hybridized carbons (Fsp3) is 0.619. The van der Waals surface area contributed by atoms with E-state index in [4.69, 9.17) is 4.42 Å². The van der Waals surface area contributed by atoms with Crippen molar-refractivity contribution in [1.82, 2.24) is 14.7 Å². The lowest BCUT2D eigenvalue weighted by Crippen LogP contribution is -2.39. The van der Waals surface area contributed by atoms with Gasteiger partial charge in [-0.3, -0.25) is 4.79 Å². The highest BCUT2D eigenvalue weighted by Crippen LogP contribution is 2.23. The molecule has 2 aliphatic rings. The molecule has 1 N–H and O–H groups in total. The van der Waals surface area contributed by atoms with Crippen LogP contribution in [0.5, 0.6) is 0 Å². The molecule has 4 rings (SSSR count). The van der Waals surface area contributed by atoms with Gasteiger partial charge in [-0.1, -0.05) is 0 Å². The molecule has 146 valence electrons. The molecule has 0 bridgehead atoms. The van der Waals surface area contributed by atoms with Crippen molar-refractivity contribution < 1.29 is 9.52 Å². The number of aryl methyl sites for hydroxylation is 3. The summed E-state index contributed by atoms with van der Waals surface area (Å²) in [6.07, 6.45) is 5.80. The summed E-state index contributed by atoms with van der Waals surface area (Å²) < 4.78 is 7.21. The van der Waals surface area contributed by atoms with Crippen molar-refractivity contribution >= 4 is 0 Å². The lowest BCUT2D eigenvalue weighted by atomic mass is 9.95. The van der Waals surface area contributed by atoms with Gasteiger partial charge < -0.3 is 14.4 Å². The molecule has 0 saturated carbocycles. The van der Waals surface area contributed by atoms with Crippen molar-refractivity contribution in [1.29, 1.82) is 0 Å². The Hall–Kier alpha value is -1.92. The van der Waals surface area contributed by atoms with E-state index >= 15 is 0 Å². The van der Waals surface area contributed by atoms with Gasteiger partial charge in [-0.25, -0.2) is 4.68 Å². The van der Waals surface area contributed by atoms with Crippen LogP contribution >= 0.6 is 0 Å². The van der Waals surface area contributed by atoms with Gasteiger partial charge in [0.05, 0.1) is 5.69 Å². The van der Waals surface area contributed by atoms with Gasteiger partial charge in [0, 0.05) is 19.2 Å². The minimum Gasteiger partial charge on any atom is -0.464 e.